The smallest absolute Gasteiger partial charge is 0.416 e. The van der Waals surface area contributed by atoms with Gasteiger partial charge in [0.05, 0.1) is 18.2 Å². The standard InChI is InChI=1S/C25H30F3N3O3/c1-18(20-5-8-22-23(15-20)34-14-13-33-22)29-24(32)17-31-10-2-9-30(11-12-31)16-19-3-6-21(7-4-19)25(26,27)28/h3-8,15,18H,2,9-14,16-17H2,1H3,(H,29,32). The summed E-state index contributed by atoms with van der Waals surface area (Å²) in [4.78, 5) is 17.0. The third-order valence-electron chi connectivity index (χ3n) is 6.18. The molecule has 1 amide bonds. The van der Waals surface area contributed by atoms with Gasteiger partial charge in [-0.3, -0.25) is 14.6 Å². The van der Waals surface area contributed by atoms with E-state index in [1.54, 1.807) is 0 Å². The molecule has 0 bridgehead atoms. The highest BCUT2D eigenvalue weighted by atomic mass is 19.4. The molecule has 0 aliphatic carbocycles. The maximum Gasteiger partial charge on any atom is 0.416 e. The maximum atomic E-state index is 12.8. The van der Waals surface area contributed by atoms with Crippen molar-refractivity contribution in [3.8, 4) is 11.5 Å². The van der Waals surface area contributed by atoms with Crippen LogP contribution in [0.3, 0.4) is 0 Å². The number of hydrogen-bond donors (Lipinski definition) is 1. The lowest BCUT2D eigenvalue weighted by molar-refractivity contribution is -0.137. The second kappa shape index (κ2) is 10.7. The van der Waals surface area contributed by atoms with Crippen LogP contribution in [-0.4, -0.2) is 61.6 Å². The first-order chi connectivity index (χ1) is 16.3. The van der Waals surface area contributed by atoms with E-state index in [1.165, 1.54) is 12.1 Å². The van der Waals surface area contributed by atoms with Crippen molar-refractivity contribution < 1.29 is 27.4 Å². The van der Waals surface area contributed by atoms with Gasteiger partial charge in [-0.05, 0) is 61.8 Å². The number of nitrogens with zero attached hydrogens (tertiary/aromatic N) is 2. The van der Waals surface area contributed by atoms with Gasteiger partial charge in [0.2, 0.25) is 5.91 Å². The average Bonchev–Trinajstić information content (AvgIpc) is 3.03. The van der Waals surface area contributed by atoms with Gasteiger partial charge in [-0.25, -0.2) is 0 Å². The van der Waals surface area contributed by atoms with Gasteiger partial charge in [0.1, 0.15) is 13.2 Å². The van der Waals surface area contributed by atoms with E-state index < -0.39 is 11.7 Å². The lowest BCUT2D eigenvalue weighted by Gasteiger charge is -2.23. The molecule has 2 aliphatic rings. The van der Waals surface area contributed by atoms with Gasteiger partial charge < -0.3 is 14.8 Å². The number of ether oxygens (including phenoxy) is 2. The van der Waals surface area contributed by atoms with Crippen LogP contribution in [0.5, 0.6) is 11.5 Å². The molecule has 1 N–H and O–H groups in total. The van der Waals surface area contributed by atoms with E-state index >= 15 is 0 Å². The topological polar surface area (TPSA) is 54.0 Å². The van der Waals surface area contributed by atoms with Crippen molar-refractivity contribution in [1.29, 1.82) is 0 Å². The van der Waals surface area contributed by atoms with Crippen molar-refractivity contribution in [2.24, 2.45) is 0 Å². The zero-order valence-corrected chi connectivity index (χ0v) is 19.2. The van der Waals surface area contributed by atoms with Gasteiger partial charge in [0.15, 0.2) is 11.5 Å². The quantitative estimate of drug-likeness (QED) is 0.685. The highest BCUT2D eigenvalue weighted by Crippen LogP contribution is 2.32. The van der Waals surface area contributed by atoms with Crippen LogP contribution in [0.2, 0.25) is 0 Å². The molecule has 9 heteroatoms. The number of alkyl halides is 3. The van der Waals surface area contributed by atoms with Crippen molar-refractivity contribution in [1.82, 2.24) is 15.1 Å². The summed E-state index contributed by atoms with van der Waals surface area (Å²) in [6.45, 7) is 7.03. The van der Waals surface area contributed by atoms with E-state index in [2.05, 4.69) is 15.1 Å². The van der Waals surface area contributed by atoms with Crippen LogP contribution < -0.4 is 14.8 Å². The summed E-state index contributed by atoms with van der Waals surface area (Å²) < 4.78 is 49.5. The Morgan fingerprint density at radius 3 is 2.38 bits per heavy atom. The second-order valence-corrected chi connectivity index (χ2v) is 8.79. The van der Waals surface area contributed by atoms with Gasteiger partial charge >= 0.3 is 6.18 Å². The van der Waals surface area contributed by atoms with E-state index in [9.17, 15) is 18.0 Å². The minimum atomic E-state index is -4.32. The summed E-state index contributed by atoms with van der Waals surface area (Å²) in [5.41, 5.74) is 1.18. The number of carbonyl (C=O) groups excluding carboxylic acids is 1. The molecule has 2 aromatic rings. The molecule has 0 spiro atoms. The number of hydrogen-bond acceptors (Lipinski definition) is 5. The first-order valence-corrected chi connectivity index (χ1v) is 11.6. The number of fused-ring (bicyclic) bond motifs is 1. The molecule has 0 aromatic heterocycles. The summed E-state index contributed by atoms with van der Waals surface area (Å²) >= 11 is 0. The molecule has 2 aromatic carbocycles. The van der Waals surface area contributed by atoms with E-state index in [-0.39, 0.29) is 11.9 Å². The van der Waals surface area contributed by atoms with Crippen LogP contribution in [0.1, 0.15) is 36.1 Å². The summed E-state index contributed by atoms with van der Waals surface area (Å²) in [6.07, 6.45) is -3.42. The van der Waals surface area contributed by atoms with Crippen molar-refractivity contribution in [3.63, 3.8) is 0 Å². The monoisotopic (exact) mass is 477 g/mol. The van der Waals surface area contributed by atoms with E-state index in [1.807, 2.05) is 25.1 Å². The lowest BCUT2D eigenvalue weighted by Crippen LogP contribution is -2.40. The zero-order valence-electron chi connectivity index (χ0n) is 19.2. The molecule has 1 unspecified atom stereocenters. The molecule has 2 aliphatic heterocycles. The van der Waals surface area contributed by atoms with Crippen LogP contribution in [0.15, 0.2) is 42.5 Å². The minimum Gasteiger partial charge on any atom is -0.486 e. The lowest BCUT2D eigenvalue weighted by atomic mass is 10.1. The molecule has 0 radical (unpaired) electrons. The Labute approximate surface area is 197 Å². The Kier molecular flexibility index (Phi) is 7.63. The number of benzene rings is 2. The number of rotatable bonds is 6. The summed E-state index contributed by atoms with van der Waals surface area (Å²) in [6, 6.07) is 10.9. The normalized spacial score (nSPS) is 18.2. The Bertz CT molecular complexity index is 982. The Morgan fingerprint density at radius 1 is 0.971 bits per heavy atom. The number of carbonyl (C=O) groups is 1. The van der Waals surface area contributed by atoms with Crippen LogP contribution in [0.4, 0.5) is 13.2 Å². The van der Waals surface area contributed by atoms with E-state index in [0.29, 0.717) is 32.1 Å². The highest BCUT2D eigenvalue weighted by molar-refractivity contribution is 5.78. The van der Waals surface area contributed by atoms with Gasteiger partial charge in [-0.15, -0.1) is 0 Å². The second-order valence-electron chi connectivity index (χ2n) is 8.79. The first-order valence-electron chi connectivity index (χ1n) is 11.6. The Hall–Kier alpha value is -2.78. The molecule has 4 rings (SSSR count). The summed E-state index contributed by atoms with van der Waals surface area (Å²) in [5, 5.41) is 3.06. The number of halogens is 3. The van der Waals surface area contributed by atoms with Crippen LogP contribution in [0.25, 0.3) is 0 Å². The molecule has 184 valence electrons. The van der Waals surface area contributed by atoms with Crippen molar-refractivity contribution >= 4 is 5.91 Å². The molecule has 1 atom stereocenters. The van der Waals surface area contributed by atoms with Gasteiger partial charge in [0.25, 0.3) is 0 Å². The van der Waals surface area contributed by atoms with Crippen LogP contribution in [0, 0.1) is 0 Å². The predicted octanol–water partition coefficient (Wildman–Crippen LogP) is 3.86. The van der Waals surface area contributed by atoms with Crippen molar-refractivity contribution in [2.45, 2.75) is 32.1 Å². The molecule has 1 fully saturated rings. The largest absolute Gasteiger partial charge is 0.486 e. The molecule has 34 heavy (non-hydrogen) atoms. The first kappa shape index (κ1) is 24.3. The van der Waals surface area contributed by atoms with Crippen molar-refractivity contribution in [3.05, 3.63) is 59.2 Å². The van der Waals surface area contributed by atoms with E-state index in [0.717, 1.165) is 61.6 Å². The number of amides is 1. The fourth-order valence-corrected chi connectivity index (χ4v) is 4.30. The van der Waals surface area contributed by atoms with E-state index in [4.69, 9.17) is 9.47 Å². The van der Waals surface area contributed by atoms with Crippen molar-refractivity contribution in [2.75, 3.05) is 45.9 Å². The van der Waals surface area contributed by atoms with Gasteiger partial charge in [-0.1, -0.05) is 18.2 Å². The fraction of sp³-hybridized carbons (Fsp3) is 0.480. The Balaban J connectivity index is 1.24. The SMILES string of the molecule is CC(NC(=O)CN1CCCN(Cc2ccc(C(F)(F)F)cc2)CC1)c1ccc2c(c1)OCCO2. The Morgan fingerprint density at radius 2 is 1.65 bits per heavy atom. The minimum absolute atomic E-state index is 0.0430. The highest BCUT2D eigenvalue weighted by Gasteiger charge is 2.30. The third-order valence-corrected chi connectivity index (χ3v) is 6.18. The fourth-order valence-electron chi connectivity index (χ4n) is 4.30. The molecular weight excluding hydrogens is 447 g/mol. The number of nitrogens with one attached hydrogen (secondary N) is 1. The molecule has 1 saturated heterocycles. The van der Waals surface area contributed by atoms with Crippen LogP contribution >= 0.6 is 0 Å². The molecule has 0 saturated carbocycles. The third kappa shape index (κ3) is 6.42. The zero-order chi connectivity index (χ0) is 24.1. The van der Waals surface area contributed by atoms with Gasteiger partial charge in [0, 0.05) is 19.6 Å². The average molecular weight is 478 g/mol. The predicted molar refractivity (Wildman–Crippen MR) is 122 cm³/mol. The van der Waals surface area contributed by atoms with Gasteiger partial charge in [-0.2, -0.15) is 13.2 Å². The molecule has 6 nitrogen and oxygen atoms in total. The molecule has 2 heterocycles. The summed E-state index contributed by atoms with van der Waals surface area (Å²) in [5.74, 6) is 1.38. The van der Waals surface area contributed by atoms with Crippen LogP contribution in [-0.2, 0) is 17.5 Å². The molecular formula is C25H30F3N3O3. The maximum absolute atomic E-state index is 12.8. The summed E-state index contributed by atoms with van der Waals surface area (Å²) in [7, 11) is 0.